The first-order chi connectivity index (χ1) is 9.85. The molecule has 21 heavy (non-hydrogen) atoms. The molecule has 1 aliphatic heterocycles. The number of nitrogens with one attached hydrogen (secondary N) is 1. The second kappa shape index (κ2) is 8.37. The summed E-state index contributed by atoms with van der Waals surface area (Å²) in [5.74, 6) is 0.777. The second-order valence-electron chi connectivity index (χ2n) is 6.47. The van der Waals surface area contributed by atoms with Crippen LogP contribution >= 0.6 is 0 Å². The maximum Gasteiger partial charge on any atom is 0.237 e. The second-order valence-corrected chi connectivity index (χ2v) is 6.47. The molecule has 0 aromatic heterocycles. The molecule has 1 aliphatic rings. The van der Waals surface area contributed by atoms with Crippen molar-refractivity contribution in [2.75, 3.05) is 26.2 Å². The standard InChI is InChI=1S/C16H31N3O2/c1-6-13(4)11-15(20)19-9-7-18(8-10-19)14(5)16(21)17-12(2)3/h12-14H,6-11H2,1-5H3,(H,17,21)/t13-,14-/m0/s1. The number of hydrogen-bond acceptors (Lipinski definition) is 3. The van der Waals surface area contributed by atoms with Gasteiger partial charge in [-0.15, -0.1) is 0 Å². The van der Waals surface area contributed by atoms with Crippen LogP contribution in [0.5, 0.6) is 0 Å². The Hall–Kier alpha value is -1.10. The number of carbonyl (C=O) groups excluding carboxylic acids is 2. The summed E-state index contributed by atoms with van der Waals surface area (Å²) in [5, 5.41) is 2.95. The van der Waals surface area contributed by atoms with Gasteiger partial charge in [0.1, 0.15) is 0 Å². The van der Waals surface area contributed by atoms with Crippen LogP contribution in [0.15, 0.2) is 0 Å². The molecule has 0 aromatic rings. The summed E-state index contributed by atoms with van der Waals surface area (Å²) in [7, 11) is 0. The molecule has 0 aromatic carbocycles. The van der Waals surface area contributed by atoms with E-state index in [1.807, 2.05) is 25.7 Å². The zero-order valence-electron chi connectivity index (χ0n) is 14.2. The van der Waals surface area contributed by atoms with Gasteiger partial charge in [0.25, 0.3) is 0 Å². The molecular weight excluding hydrogens is 266 g/mol. The number of amides is 2. The van der Waals surface area contributed by atoms with E-state index in [4.69, 9.17) is 0 Å². The normalized spacial score (nSPS) is 19.4. The molecule has 1 N–H and O–H groups in total. The molecule has 122 valence electrons. The highest BCUT2D eigenvalue weighted by Gasteiger charge is 2.27. The topological polar surface area (TPSA) is 52.7 Å². The zero-order valence-corrected chi connectivity index (χ0v) is 14.2. The van der Waals surface area contributed by atoms with E-state index in [2.05, 4.69) is 24.1 Å². The van der Waals surface area contributed by atoms with Crippen molar-refractivity contribution in [2.45, 2.75) is 59.5 Å². The molecule has 2 atom stereocenters. The van der Waals surface area contributed by atoms with Gasteiger partial charge in [-0.1, -0.05) is 20.3 Å². The fourth-order valence-electron chi connectivity index (χ4n) is 2.50. The maximum atomic E-state index is 12.2. The average Bonchev–Trinajstić information content (AvgIpc) is 2.45. The van der Waals surface area contributed by atoms with Crippen LogP contribution in [-0.4, -0.2) is 59.9 Å². The van der Waals surface area contributed by atoms with Crippen LogP contribution < -0.4 is 5.32 Å². The first-order valence-electron chi connectivity index (χ1n) is 8.17. The minimum Gasteiger partial charge on any atom is -0.353 e. The van der Waals surface area contributed by atoms with E-state index in [0.717, 1.165) is 32.6 Å². The fourth-order valence-corrected chi connectivity index (χ4v) is 2.50. The Morgan fingerprint density at radius 3 is 2.10 bits per heavy atom. The van der Waals surface area contributed by atoms with Crippen LogP contribution in [0.3, 0.4) is 0 Å². The van der Waals surface area contributed by atoms with Gasteiger partial charge in [0.2, 0.25) is 11.8 Å². The number of carbonyl (C=O) groups is 2. The van der Waals surface area contributed by atoms with Crippen LogP contribution in [0, 0.1) is 5.92 Å². The summed E-state index contributed by atoms with van der Waals surface area (Å²) < 4.78 is 0. The molecular formula is C16H31N3O2. The molecule has 0 unspecified atom stereocenters. The molecule has 1 fully saturated rings. The van der Waals surface area contributed by atoms with E-state index in [-0.39, 0.29) is 23.9 Å². The Morgan fingerprint density at radius 2 is 1.62 bits per heavy atom. The van der Waals surface area contributed by atoms with Crippen molar-refractivity contribution in [2.24, 2.45) is 5.92 Å². The monoisotopic (exact) mass is 297 g/mol. The van der Waals surface area contributed by atoms with Crippen molar-refractivity contribution in [3.63, 3.8) is 0 Å². The van der Waals surface area contributed by atoms with Crippen molar-refractivity contribution in [1.29, 1.82) is 0 Å². The molecule has 1 rings (SSSR count). The highest BCUT2D eigenvalue weighted by atomic mass is 16.2. The highest BCUT2D eigenvalue weighted by Crippen LogP contribution is 2.12. The molecule has 5 heteroatoms. The summed E-state index contributed by atoms with van der Waals surface area (Å²) in [6.45, 7) is 13.1. The number of rotatable bonds is 6. The molecule has 0 saturated carbocycles. The summed E-state index contributed by atoms with van der Waals surface area (Å²) in [5.41, 5.74) is 0. The molecule has 1 saturated heterocycles. The largest absolute Gasteiger partial charge is 0.353 e. The third-order valence-corrected chi connectivity index (χ3v) is 4.25. The highest BCUT2D eigenvalue weighted by molar-refractivity contribution is 5.81. The summed E-state index contributed by atoms with van der Waals surface area (Å²) in [4.78, 5) is 28.3. The minimum atomic E-state index is -0.126. The van der Waals surface area contributed by atoms with E-state index in [0.29, 0.717) is 12.3 Å². The molecule has 0 radical (unpaired) electrons. The Balaban J connectivity index is 2.41. The lowest BCUT2D eigenvalue weighted by atomic mass is 10.0. The summed E-state index contributed by atoms with van der Waals surface area (Å²) in [6, 6.07) is 0.0394. The van der Waals surface area contributed by atoms with Crippen LogP contribution in [0.4, 0.5) is 0 Å². The number of piperazine rings is 1. The molecule has 2 amide bonds. The molecule has 0 bridgehead atoms. The SMILES string of the molecule is CC[C@H](C)CC(=O)N1CCN([C@@H](C)C(=O)NC(C)C)CC1. The van der Waals surface area contributed by atoms with E-state index in [1.165, 1.54) is 0 Å². The van der Waals surface area contributed by atoms with Gasteiger partial charge < -0.3 is 10.2 Å². The van der Waals surface area contributed by atoms with Gasteiger partial charge >= 0.3 is 0 Å². The van der Waals surface area contributed by atoms with Gasteiger partial charge in [0.15, 0.2) is 0 Å². The van der Waals surface area contributed by atoms with Crippen LogP contribution in [-0.2, 0) is 9.59 Å². The van der Waals surface area contributed by atoms with E-state index in [1.54, 1.807) is 0 Å². The molecule has 0 aliphatic carbocycles. The third kappa shape index (κ3) is 5.65. The quantitative estimate of drug-likeness (QED) is 0.808. The predicted molar refractivity (Wildman–Crippen MR) is 85.0 cm³/mol. The van der Waals surface area contributed by atoms with Gasteiger partial charge in [-0.2, -0.15) is 0 Å². The molecule has 1 heterocycles. The van der Waals surface area contributed by atoms with E-state index in [9.17, 15) is 9.59 Å². The number of hydrogen-bond donors (Lipinski definition) is 1. The maximum absolute atomic E-state index is 12.2. The van der Waals surface area contributed by atoms with E-state index < -0.39 is 0 Å². The fraction of sp³-hybridized carbons (Fsp3) is 0.875. The van der Waals surface area contributed by atoms with Crippen molar-refractivity contribution >= 4 is 11.8 Å². The third-order valence-electron chi connectivity index (χ3n) is 4.25. The van der Waals surface area contributed by atoms with Crippen molar-refractivity contribution in [3.8, 4) is 0 Å². The Labute approximate surface area is 129 Å². The number of nitrogens with zero attached hydrogens (tertiary/aromatic N) is 2. The van der Waals surface area contributed by atoms with Crippen LogP contribution in [0.25, 0.3) is 0 Å². The van der Waals surface area contributed by atoms with Crippen molar-refractivity contribution in [1.82, 2.24) is 15.1 Å². The first-order valence-corrected chi connectivity index (χ1v) is 8.17. The lowest BCUT2D eigenvalue weighted by Crippen LogP contribution is -2.55. The predicted octanol–water partition coefficient (Wildman–Crippen LogP) is 1.48. The Bertz CT molecular complexity index is 349. The van der Waals surface area contributed by atoms with Crippen molar-refractivity contribution < 1.29 is 9.59 Å². The summed E-state index contributed by atoms with van der Waals surface area (Å²) in [6.07, 6.45) is 1.68. The minimum absolute atomic E-state index is 0.0735. The van der Waals surface area contributed by atoms with Gasteiger partial charge in [0.05, 0.1) is 6.04 Å². The Morgan fingerprint density at radius 1 is 1.05 bits per heavy atom. The van der Waals surface area contributed by atoms with Crippen LogP contribution in [0.1, 0.15) is 47.5 Å². The van der Waals surface area contributed by atoms with Crippen LogP contribution in [0.2, 0.25) is 0 Å². The molecule has 0 spiro atoms. The average molecular weight is 297 g/mol. The van der Waals surface area contributed by atoms with Gasteiger partial charge in [0, 0.05) is 38.6 Å². The Kier molecular flexibility index (Phi) is 7.15. The smallest absolute Gasteiger partial charge is 0.237 e. The lowest BCUT2D eigenvalue weighted by Gasteiger charge is -2.38. The molecule has 5 nitrogen and oxygen atoms in total. The first kappa shape index (κ1) is 18.0. The van der Waals surface area contributed by atoms with Gasteiger partial charge in [-0.05, 0) is 26.7 Å². The summed E-state index contributed by atoms with van der Waals surface area (Å²) >= 11 is 0. The van der Waals surface area contributed by atoms with Gasteiger partial charge in [-0.3, -0.25) is 14.5 Å². The zero-order chi connectivity index (χ0) is 16.0. The van der Waals surface area contributed by atoms with Gasteiger partial charge in [-0.25, -0.2) is 0 Å². The lowest BCUT2D eigenvalue weighted by molar-refractivity contribution is -0.135. The van der Waals surface area contributed by atoms with E-state index >= 15 is 0 Å². The van der Waals surface area contributed by atoms with Crippen molar-refractivity contribution in [3.05, 3.63) is 0 Å².